The molecule has 4 heterocycles. The molecule has 0 bridgehead atoms. The third kappa shape index (κ3) is 6.71. The summed E-state index contributed by atoms with van der Waals surface area (Å²) in [6.45, 7) is 14.0. The lowest BCUT2D eigenvalue weighted by molar-refractivity contribution is 0.0356. The summed E-state index contributed by atoms with van der Waals surface area (Å²) in [4.78, 5) is 19.0. The molecule has 10 heteroatoms. The monoisotopic (exact) mass is 580 g/mol. The average Bonchev–Trinajstić information content (AvgIpc) is 3.04. The molecule has 0 saturated carbocycles. The van der Waals surface area contributed by atoms with Gasteiger partial charge in [-0.1, -0.05) is 38.1 Å². The van der Waals surface area contributed by atoms with E-state index < -0.39 is 0 Å². The van der Waals surface area contributed by atoms with E-state index in [1.54, 1.807) is 6.07 Å². The number of nitrogens with zero attached hydrogens (tertiary/aromatic N) is 6. The van der Waals surface area contributed by atoms with Gasteiger partial charge >= 0.3 is 6.01 Å². The number of fused-ring (bicyclic) bond motifs is 2. The van der Waals surface area contributed by atoms with E-state index in [4.69, 9.17) is 24.2 Å². The maximum atomic E-state index is 15.8. The van der Waals surface area contributed by atoms with Crippen molar-refractivity contribution in [2.24, 2.45) is 0 Å². The summed E-state index contributed by atoms with van der Waals surface area (Å²) in [5.41, 5.74) is 2.62. The fourth-order valence-electron chi connectivity index (χ4n) is 5.94. The number of hydrogen-bond acceptors (Lipinski definition) is 9. The van der Waals surface area contributed by atoms with Gasteiger partial charge in [0.2, 0.25) is 0 Å². The van der Waals surface area contributed by atoms with Crippen LogP contribution in [-0.4, -0.2) is 106 Å². The van der Waals surface area contributed by atoms with Crippen molar-refractivity contribution in [2.45, 2.75) is 33.2 Å². The van der Waals surface area contributed by atoms with Crippen molar-refractivity contribution < 1.29 is 18.6 Å². The Balaban J connectivity index is 0.00000173. The summed E-state index contributed by atoms with van der Waals surface area (Å²) >= 11 is 0. The van der Waals surface area contributed by atoms with Crippen molar-refractivity contribution in [1.29, 1.82) is 0 Å². The molecule has 0 atom stereocenters. The SMILES string of the molecule is CC.COc1cc2ccccc2c(N2CCc3c(nc(OCCCN4CCOCC4)nc3N3CCN(C)CC3)C2)c1F. The minimum Gasteiger partial charge on any atom is -0.494 e. The first-order valence-corrected chi connectivity index (χ1v) is 15.4. The van der Waals surface area contributed by atoms with Crippen molar-refractivity contribution in [3.8, 4) is 11.8 Å². The number of piperazine rings is 1. The molecule has 3 aliphatic rings. The van der Waals surface area contributed by atoms with Crippen LogP contribution in [-0.2, 0) is 17.7 Å². The van der Waals surface area contributed by atoms with Crippen LogP contribution < -0.4 is 19.3 Å². The van der Waals surface area contributed by atoms with Crippen molar-refractivity contribution in [3.63, 3.8) is 0 Å². The van der Waals surface area contributed by atoms with Crippen LogP contribution in [0.2, 0.25) is 0 Å². The molecule has 0 N–H and O–H groups in total. The highest BCUT2D eigenvalue weighted by molar-refractivity contribution is 5.96. The number of benzene rings is 2. The number of hydrogen-bond donors (Lipinski definition) is 0. The van der Waals surface area contributed by atoms with E-state index in [1.165, 1.54) is 7.11 Å². The van der Waals surface area contributed by atoms with Crippen LogP contribution in [0.5, 0.6) is 11.8 Å². The summed E-state index contributed by atoms with van der Waals surface area (Å²) in [7, 11) is 3.67. The largest absolute Gasteiger partial charge is 0.494 e. The van der Waals surface area contributed by atoms with Gasteiger partial charge in [-0.3, -0.25) is 4.90 Å². The van der Waals surface area contributed by atoms with Gasteiger partial charge in [0, 0.05) is 63.3 Å². The van der Waals surface area contributed by atoms with Crippen molar-refractivity contribution in [2.75, 3.05) is 96.1 Å². The van der Waals surface area contributed by atoms with Gasteiger partial charge in [0.05, 0.1) is 44.9 Å². The molecule has 0 aliphatic carbocycles. The maximum Gasteiger partial charge on any atom is 0.318 e. The molecule has 2 aromatic carbocycles. The Morgan fingerprint density at radius 2 is 1.71 bits per heavy atom. The van der Waals surface area contributed by atoms with E-state index in [9.17, 15) is 0 Å². The summed E-state index contributed by atoms with van der Waals surface area (Å²) in [5.74, 6) is 0.888. The fraction of sp³-hybridized carbons (Fsp3) is 0.562. The first kappa shape index (κ1) is 30.3. The molecule has 2 fully saturated rings. The second kappa shape index (κ2) is 14.3. The molecule has 228 valence electrons. The van der Waals surface area contributed by atoms with E-state index in [0.717, 1.165) is 99.7 Å². The van der Waals surface area contributed by atoms with E-state index >= 15 is 4.39 Å². The molecule has 2 saturated heterocycles. The smallest absolute Gasteiger partial charge is 0.318 e. The van der Waals surface area contributed by atoms with Crippen LogP contribution >= 0.6 is 0 Å². The Morgan fingerprint density at radius 1 is 0.952 bits per heavy atom. The molecule has 42 heavy (non-hydrogen) atoms. The third-order valence-electron chi connectivity index (χ3n) is 8.24. The first-order valence-electron chi connectivity index (χ1n) is 15.4. The Hall–Kier alpha value is -3.21. The number of aromatic nitrogens is 2. The highest BCUT2D eigenvalue weighted by Crippen LogP contribution is 2.39. The average molecular weight is 581 g/mol. The van der Waals surface area contributed by atoms with Crippen LogP contribution in [0.1, 0.15) is 31.5 Å². The number of halogens is 1. The lowest BCUT2D eigenvalue weighted by atomic mass is 10.0. The normalized spacial score (nSPS) is 17.9. The highest BCUT2D eigenvalue weighted by Gasteiger charge is 2.29. The van der Waals surface area contributed by atoms with Crippen LogP contribution in [0, 0.1) is 5.82 Å². The number of methoxy groups -OCH3 is 1. The Labute approximate surface area is 249 Å². The molecular formula is C32H45FN6O3. The zero-order chi connectivity index (χ0) is 29.5. The van der Waals surface area contributed by atoms with E-state index in [-0.39, 0.29) is 11.6 Å². The van der Waals surface area contributed by atoms with E-state index in [1.807, 2.05) is 38.1 Å². The zero-order valence-corrected chi connectivity index (χ0v) is 25.6. The Bertz CT molecular complexity index is 1330. The van der Waals surface area contributed by atoms with Gasteiger partial charge in [-0.05, 0) is 31.3 Å². The van der Waals surface area contributed by atoms with E-state index in [2.05, 4.69) is 26.6 Å². The third-order valence-corrected chi connectivity index (χ3v) is 8.24. The highest BCUT2D eigenvalue weighted by atomic mass is 19.1. The van der Waals surface area contributed by atoms with Crippen molar-refractivity contribution in [1.82, 2.24) is 19.8 Å². The van der Waals surface area contributed by atoms with Gasteiger partial charge in [-0.15, -0.1) is 0 Å². The number of morpholine rings is 1. The maximum absolute atomic E-state index is 15.8. The number of ether oxygens (including phenoxy) is 3. The molecule has 9 nitrogen and oxygen atoms in total. The molecular weight excluding hydrogens is 535 g/mol. The number of anilines is 2. The zero-order valence-electron chi connectivity index (χ0n) is 25.6. The van der Waals surface area contributed by atoms with Gasteiger partial charge in [-0.25, -0.2) is 4.39 Å². The van der Waals surface area contributed by atoms with Gasteiger partial charge in [0.15, 0.2) is 11.6 Å². The first-order chi connectivity index (χ1) is 20.6. The molecule has 6 rings (SSSR count). The lowest BCUT2D eigenvalue weighted by Gasteiger charge is -2.37. The lowest BCUT2D eigenvalue weighted by Crippen LogP contribution is -2.46. The minimum atomic E-state index is -0.336. The predicted octanol–water partition coefficient (Wildman–Crippen LogP) is 4.22. The van der Waals surface area contributed by atoms with Crippen LogP contribution in [0.25, 0.3) is 10.8 Å². The number of likely N-dealkylation sites (N-methyl/N-ethyl adjacent to an activating group) is 1. The Morgan fingerprint density at radius 3 is 2.48 bits per heavy atom. The van der Waals surface area contributed by atoms with Gasteiger partial charge in [0.25, 0.3) is 0 Å². The quantitative estimate of drug-likeness (QED) is 0.365. The molecule has 3 aromatic rings. The van der Waals surface area contributed by atoms with Gasteiger partial charge in [-0.2, -0.15) is 9.97 Å². The summed E-state index contributed by atoms with van der Waals surface area (Å²) in [6, 6.07) is 10.1. The second-order valence-electron chi connectivity index (χ2n) is 10.8. The fourth-order valence-corrected chi connectivity index (χ4v) is 5.94. The summed E-state index contributed by atoms with van der Waals surface area (Å²) in [5, 5.41) is 1.82. The number of rotatable bonds is 8. The molecule has 0 amide bonds. The Kier molecular flexibility index (Phi) is 10.3. The molecule has 0 unspecified atom stereocenters. The van der Waals surface area contributed by atoms with Crippen LogP contribution in [0.3, 0.4) is 0 Å². The topological polar surface area (TPSA) is 66.4 Å². The summed E-state index contributed by atoms with van der Waals surface area (Å²) < 4.78 is 32.8. The van der Waals surface area contributed by atoms with Crippen molar-refractivity contribution in [3.05, 3.63) is 47.4 Å². The van der Waals surface area contributed by atoms with Crippen LogP contribution in [0.4, 0.5) is 15.9 Å². The van der Waals surface area contributed by atoms with E-state index in [0.29, 0.717) is 31.4 Å². The predicted molar refractivity (Wildman–Crippen MR) is 166 cm³/mol. The molecule has 0 spiro atoms. The molecule has 1 aromatic heterocycles. The van der Waals surface area contributed by atoms with Crippen molar-refractivity contribution >= 4 is 22.3 Å². The minimum absolute atomic E-state index is 0.254. The second-order valence-corrected chi connectivity index (χ2v) is 10.8. The standard InChI is InChI=1S/C30H39FN6O3.C2H6/c1-34-11-13-36(14-12-34)29-24-8-10-37(28-23-7-4-3-6-22(23)20-26(38-2)27(28)31)21-25(24)32-30(33-29)40-17-5-9-35-15-18-39-19-16-35;1-2/h3-4,6-7,20H,5,8-19,21H2,1-2H3;1-2H3. The molecule has 0 radical (unpaired) electrons. The van der Waals surface area contributed by atoms with Gasteiger partial charge < -0.3 is 28.9 Å². The van der Waals surface area contributed by atoms with Crippen LogP contribution in [0.15, 0.2) is 30.3 Å². The summed E-state index contributed by atoms with van der Waals surface area (Å²) in [6.07, 6.45) is 1.64. The molecule has 3 aliphatic heterocycles. The van der Waals surface area contributed by atoms with Gasteiger partial charge in [0.1, 0.15) is 5.82 Å².